The van der Waals surface area contributed by atoms with Gasteiger partial charge in [-0.3, -0.25) is 14.3 Å². The molecule has 176 valence electrons. The van der Waals surface area contributed by atoms with Crippen molar-refractivity contribution in [2.75, 3.05) is 10.0 Å². The summed E-state index contributed by atoms with van der Waals surface area (Å²) >= 11 is 0. The van der Waals surface area contributed by atoms with Crippen LogP contribution in [0.4, 0.5) is 15.8 Å². The first kappa shape index (κ1) is 24.7. The second-order valence-corrected chi connectivity index (χ2v) is 9.43. The number of nitriles is 1. The number of aryl methyl sites for hydroxylation is 2. The van der Waals surface area contributed by atoms with Crippen LogP contribution in [0.5, 0.6) is 0 Å². The SMILES string of the molecule is Cc1ccc(NC(=O)CCc2c(C)[nH]c(=O)c(C#N)c2C)cc1S(=O)(=O)Nc1ccccc1F. The van der Waals surface area contributed by atoms with Crippen LogP contribution < -0.4 is 15.6 Å². The molecule has 0 spiro atoms. The van der Waals surface area contributed by atoms with Crippen molar-refractivity contribution in [3.63, 3.8) is 0 Å². The molecular formula is C24H23FN4O4S. The van der Waals surface area contributed by atoms with Crippen molar-refractivity contribution in [1.82, 2.24) is 4.98 Å². The Hall–Kier alpha value is -3.97. The van der Waals surface area contributed by atoms with Gasteiger partial charge >= 0.3 is 0 Å². The summed E-state index contributed by atoms with van der Waals surface area (Å²) in [5.74, 6) is -1.08. The van der Waals surface area contributed by atoms with Crippen molar-refractivity contribution in [3.8, 4) is 6.07 Å². The maximum atomic E-state index is 13.9. The van der Waals surface area contributed by atoms with Gasteiger partial charge in [-0.05, 0) is 68.1 Å². The number of H-pyrrole nitrogens is 1. The summed E-state index contributed by atoms with van der Waals surface area (Å²) < 4.78 is 41.8. The van der Waals surface area contributed by atoms with Gasteiger partial charge in [0, 0.05) is 17.8 Å². The van der Waals surface area contributed by atoms with E-state index in [2.05, 4.69) is 15.0 Å². The van der Waals surface area contributed by atoms with Crippen LogP contribution in [0.15, 0.2) is 52.2 Å². The molecule has 0 aliphatic heterocycles. The van der Waals surface area contributed by atoms with E-state index in [1.54, 1.807) is 32.9 Å². The summed E-state index contributed by atoms with van der Waals surface area (Å²) in [5.41, 5.74) is 1.85. The number of aromatic amines is 1. The number of aromatic nitrogens is 1. The lowest BCUT2D eigenvalue weighted by Gasteiger charge is -2.14. The Labute approximate surface area is 196 Å². The van der Waals surface area contributed by atoms with E-state index in [1.165, 1.54) is 24.3 Å². The molecule has 1 heterocycles. The minimum Gasteiger partial charge on any atom is -0.326 e. The Morgan fingerprint density at radius 1 is 1.15 bits per heavy atom. The van der Waals surface area contributed by atoms with Crippen molar-refractivity contribution >= 4 is 27.3 Å². The van der Waals surface area contributed by atoms with Gasteiger partial charge in [0.25, 0.3) is 15.6 Å². The number of halogens is 1. The van der Waals surface area contributed by atoms with Crippen LogP contribution in [0.3, 0.4) is 0 Å². The third-order valence-corrected chi connectivity index (χ3v) is 6.91. The zero-order valence-electron chi connectivity index (χ0n) is 18.8. The maximum Gasteiger partial charge on any atom is 0.266 e. The number of nitrogens with zero attached hydrogens (tertiary/aromatic N) is 1. The van der Waals surface area contributed by atoms with E-state index < -0.39 is 21.4 Å². The van der Waals surface area contributed by atoms with Crippen LogP contribution in [-0.2, 0) is 21.2 Å². The number of anilines is 2. The van der Waals surface area contributed by atoms with E-state index in [-0.39, 0.29) is 40.6 Å². The third-order valence-electron chi connectivity index (χ3n) is 5.40. The molecule has 3 rings (SSSR count). The van der Waals surface area contributed by atoms with Crippen molar-refractivity contribution in [2.24, 2.45) is 0 Å². The summed E-state index contributed by atoms with van der Waals surface area (Å²) in [6, 6.07) is 11.7. The Balaban J connectivity index is 1.77. The molecule has 0 radical (unpaired) electrons. The van der Waals surface area contributed by atoms with E-state index >= 15 is 0 Å². The summed E-state index contributed by atoms with van der Waals surface area (Å²) in [7, 11) is -4.11. The molecule has 0 unspecified atom stereocenters. The molecule has 3 N–H and O–H groups in total. The molecule has 0 saturated carbocycles. The van der Waals surface area contributed by atoms with Crippen LogP contribution in [0, 0.1) is 37.9 Å². The van der Waals surface area contributed by atoms with Gasteiger partial charge in [-0.1, -0.05) is 18.2 Å². The smallest absolute Gasteiger partial charge is 0.266 e. The van der Waals surface area contributed by atoms with Crippen LogP contribution in [0.25, 0.3) is 0 Å². The molecule has 34 heavy (non-hydrogen) atoms. The Kier molecular flexibility index (Phi) is 7.17. The lowest BCUT2D eigenvalue weighted by atomic mass is 9.99. The maximum absolute atomic E-state index is 13.9. The Morgan fingerprint density at radius 3 is 2.53 bits per heavy atom. The number of rotatable bonds is 7. The molecular weight excluding hydrogens is 459 g/mol. The molecule has 0 aliphatic rings. The van der Waals surface area contributed by atoms with Crippen molar-refractivity contribution in [1.29, 1.82) is 5.26 Å². The van der Waals surface area contributed by atoms with Gasteiger partial charge in [0.1, 0.15) is 17.4 Å². The minimum absolute atomic E-state index is 0.0109. The van der Waals surface area contributed by atoms with E-state index in [9.17, 15) is 27.7 Å². The lowest BCUT2D eigenvalue weighted by molar-refractivity contribution is -0.116. The van der Waals surface area contributed by atoms with Crippen LogP contribution in [0.1, 0.15) is 34.4 Å². The van der Waals surface area contributed by atoms with Crippen LogP contribution in [-0.4, -0.2) is 19.3 Å². The first-order valence-electron chi connectivity index (χ1n) is 10.3. The minimum atomic E-state index is -4.11. The van der Waals surface area contributed by atoms with Crippen molar-refractivity contribution in [3.05, 3.63) is 86.6 Å². The lowest BCUT2D eigenvalue weighted by Crippen LogP contribution is -2.19. The van der Waals surface area contributed by atoms with Crippen LogP contribution in [0.2, 0.25) is 0 Å². The first-order valence-corrected chi connectivity index (χ1v) is 11.8. The van der Waals surface area contributed by atoms with Gasteiger partial charge < -0.3 is 10.3 Å². The number of carbonyl (C=O) groups is 1. The highest BCUT2D eigenvalue weighted by Crippen LogP contribution is 2.24. The number of pyridine rings is 1. The van der Waals surface area contributed by atoms with Crippen molar-refractivity contribution < 1.29 is 17.6 Å². The second kappa shape index (κ2) is 9.89. The fraction of sp³-hybridized carbons (Fsp3) is 0.208. The predicted molar refractivity (Wildman–Crippen MR) is 127 cm³/mol. The Morgan fingerprint density at radius 2 is 1.85 bits per heavy atom. The topological polar surface area (TPSA) is 132 Å². The quantitative estimate of drug-likeness (QED) is 0.473. The number of hydrogen-bond acceptors (Lipinski definition) is 5. The molecule has 8 nitrogen and oxygen atoms in total. The summed E-state index contributed by atoms with van der Waals surface area (Å²) in [4.78, 5) is 26.9. The third kappa shape index (κ3) is 5.32. The average molecular weight is 483 g/mol. The van der Waals surface area contributed by atoms with Gasteiger partial charge in [-0.25, -0.2) is 12.8 Å². The highest BCUT2D eigenvalue weighted by atomic mass is 32.2. The molecule has 0 atom stereocenters. The van der Waals surface area contributed by atoms with E-state index in [0.29, 0.717) is 22.4 Å². The molecule has 2 aromatic carbocycles. The van der Waals surface area contributed by atoms with Gasteiger partial charge in [0.2, 0.25) is 5.91 Å². The number of hydrogen-bond donors (Lipinski definition) is 3. The second-order valence-electron chi connectivity index (χ2n) is 7.78. The number of sulfonamides is 1. The zero-order chi connectivity index (χ0) is 25.0. The standard InChI is InChI=1S/C24H23FN4O4S/c1-14-8-9-17(12-22(14)34(32,33)29-21-7-5-4-6-20(21)25)28-23(30)11-10-18-15(2)19(13-26)24(31)27-16(18)3/h4-9,12,29H,10-11H2,1-3H3,(H,27,31)(H,28,30). The number of benzene rings is 2. The van der Waals surface area contributed by atoms with Crippen molar-refractivity contribution in [2.45, 2.75) is 38.5 Å². The number of para-hydroxylation sites is 1. The fourth-order valence-electron chi connectivity index (χ4n) is 3.59. The summed E-state index contributed by atoms with van der Waals surface area (Å²) in [5, 5.41) is 11.8. The average Bonchev–Trinajstić information content (AvgIpc) is 2.76. The molecule has 0 bridgehead atoms. The van der Waals surface area contributed by atoms with Gasteiger partial charge in [0.05, 0.1) is 10.6 Å². The Bertz CT molecular complexity index is 1470. The summed E-state index contributed by atoms with van der Waals surface area (Å²) in [6.07, 6.45) is 0.322. The largest absolute Gasteiger partial charge is 0.326 e. The molecule has 1 amide bonds. The molecule has 10 heteroatoms. The van der Waals surface area contributed by atoms with E-state index in [4.69, 9.17) is 0 Å². The molecule has 0 saturated heterocycles. The monoisotopic (exact) mass is 482 g/mol. The molecule has 3 aromatic rings. The molecule has 0 fully saturated rings. The number of carbonyl (C=O) groups excluding carboxylic acids is 1. The first-order chi connectivity index (χ1) is 16.0. The number of amides is 1. The predicted octanol–water partition coefficient (Wildman–Crippen LogP) is 3.68. The summed E-state index contributed by atoms with van der Waals surface area (Å²) in [6.45, 7) is 4.95. The van der Waals surface area contributed by atoms with E-state index in [1.807, 2.05) is 6.07 Å². The van der Waals surface area contributed by atoms with Crippen LogP contribution >= 0.6 is 0 Å². The normalized spacial score (nSPS) is 11.0. The molecule has 1 aromatic heterocycles. The fourth-order valence-corrected chi connectivity index (χ4v) is 4.93. The zero-order valence-corrected chi connectivity index (χ0v) is 19.6. The van der Waals surface area contributed by atoms with E-state index in [0.717, 1.165) is 6.07 Å². The highest BCUT2D eigenvalue weighted by molar-refractivity contribution is 7.92. The van der Waals surface area contributed by atoms with Gasteiger partial charge in [-0.15, -0.1) is 0 Å². The molecule has 0 aliphatic carbocycles. The highest BCUT2D eigenvalue weighted by Gasteiger charge is 2.20. The van der Waals surface area contributed by atoms with Gasteiger partial charge in [-0.2, -0.15) is 5.26 Å². The number of nitrogens with one attached hydrogen (secondary N) is 3. The van der Waals surface area contributed by atoms with Gasteiger partial charge in [0.15, 0.2) is 0 Å².